The van der Waals surface area contributed by atoms with E-state index in [4.69, 9.17) is 4.74 Å². The molecular formula is C18H18F2N4O5S. The van der Waals surface area contributed by atoms with Gasteiger partial charge in [0.05, 0.1) is 29.5 Å². The summed E-state index contributed by atoms with van der Waals surface area (Å²) >= 11 is 0. The largest absolute Gasteiger partial charge is 0.379 e. The van der Waals surface area contributed by atoms with Crippen molar-refractivity contribution in [1.82, 2.24) is 4.31 Å². The number of nitrogens with one attached hydrogen (secondary N) is 1. The Morgan fingerprint density at radius 3 is 2.53 bits per heavy atom. The average Bonchev–Trinajstić information content (AvgIpc) is 2.72. The van der Waals surface area contributed by atoms with Crippen LogP contribution in [0.5, 0.6) is 0 Å². The lowest BCUT2D eigenvalue weighted by molar-refractivity contribution is -0.385. The van der Waals surface area contributed by atoms with E-state index in [1.165, 1.54) is 19.1 Å². The van der Waals surface area contributed by atoms with E-state index in [0.717, 1.165) is 22.5 Å². The highest BCUT2D eigenvalue weighted by Crippen LogP contribution is 2.29. The zero-order valence-corrected chi connectivity index (χ0v) is 16.7. The van der Waals surface area contributed by atoms with Crippen molar-refractivity contribution < 1.29 is 26.9 Å². The molecule has 160 valence electrons. The van der Waals surface area contributed by atoms with E-state index in [9.17, 15) is 27.3 Å². The first-order valence-corrected chi connectivity index (χ1v) is 10.3. The number of morpholine rings is 1. The van der Waals surface area contributed by atoms with Crippen LogP contribution in [0.1, 0.15) is 12.5 Å². The summed E-state index contributed by atoms with van der Waals surface area (Å²) in [6.07, 6.45) is 0. The van der Waals surface area contributed by atoms with Gasteiger partial charge in [-0.15, -0.1) is 0 Å². The van der Waals surface area contributed by atoms with Gasteiger partial charge in [0.2, 0.25) is 10.0 Å². The second-order valence-corrected chi connectivity index (χ2v) is 8.29. The molecule has 0 aliphatic carbocycles. The van der Waals surface area contributed by atoms with Crippen LogP contribution in [0.15, 0.2) is 46.4 Å². The highest BCUT2D eigenvalue weighted by atomic mass is 32.2. The topological polar surface area (TPSA) is 114 Å². The molecule has 0 aromatic heterocycles. The summed E-state index contributed by atoms with van der Waals surface area (Å²) in [6.45, 7) is 2.07. The Hall–Kier alpha value is -2.96. The highest BCUT2D eigenvalue weighted by molar-refractivity contribution is 7.89. The lowest BCUT2D eigenvalue weighted by Crippen LogP contribution is -2.40. The Balaban J connectivity index is 1.99. The summed E-state index contributed by atoms with van der Waals surface area (Å²) in [5.74, 6) is -1.57. The predicted octanol–water partition coefficient (Wildman–Crippen LogP) is 2.73. The number of hydrazone groups is 1. The molecule has 9 nitrogen and oxygen atoms in total. The number of halogens is 2. The predicted molar refractivity (Wildman–Crippen MR) is 105 cm³/mol. The van der Waals surface area contributed by atoms with Gasteiger partial charge >= 0.3 is 0 Å². The summed E-state index contributed by atoms with van der Waals surface area (Å²) < 4.78 is 59.5. The quantitative estimate of drug-likeness (QED) is 0.420. The van der Waals surface area contributed by atoms with Gasteiger partial charge in [0.15, 0.2) is 0 Å². The Morgan fingerprint density at radius 1 is 1.20 bits per heavy atom. The van der Waals surface area contributed by atoms with Crippen molar-refractivity contribution in [2.45, 2.75) is 11.8 Å². The number of hydrogen-bond donors (Lipinski definition) is 1. The molecular weight excluding hydrogens is 422 g/mol. The van der Waals surface area contributed by atoms with Gasteiger partial charge in [0, 0.05) is 36.9 Å². The highest BCUT2D eigenvalue weighted by Gasteiger charge is 2.30. The Morgan fingerprint density at radius 2 is 1.90 bits per heavy atom. The van der Waals surface area contributed by atoms with Crippen LogP contribution >= 0.6 is 0 Å². The van der Waals surface area contributed by atoms with Gasteiger partial charge in [-0.3, -0.25) is 15.5 Å². The monoisotopic (exact) mass is 440 g/mol. The van der Waals surface area contributed by atoms with Crippen LogP contribution in [0.2, 0.25) is 0 Å². The average molecular weight is 440 g/mol. The number of rotatable bonds is 6. The molecule has 12 heteroatoms. The van der Waals surface area contributed by atoms with Gasteiger partial charge in [-0.25, -0.2) is 17.2 Å². The third-order valence-electron chi connectivity index (χ3n) is 4.43. The SMILES string of the molecule is C/C(=N\Nc1ccc([N+](=O)[O-])cc1S(=O)(=O)N1CCOCC1)c1ccc(F)cc1F. The number of nitro benzene ring substituents is 1. The maximum absolute atomic E-state index is 13.9. The van der Waals surface area contributed by atoms with Gasteiger partial charge in [0.1, 0.15) is 16.5 Å². The molecule has 2 aromatic rings. The molecule has 1 aliphatic heterocycles. The lowest BCUT2D eigenvalue weighted by atomic mass is 10.1. The van der Waals surface area contributed by atoms with Crippen molar-refractivity contribution in [2.75, 3.05) is 31.7 Å². The first-order chi connectivity index (χ1) is 14.2. The fourth-order valence-electron chi connectivity index (χ4n) is 2.84. The third-order valence-corrected chi connectivity index (χ3v) is 6.37. The maximum atomic E-state index is 13.9. The Labute approximate surface area is 171 Å². The molecule has 0 bridgehead atoms. The van der Waals surface area contributed by atoms with Gasteiger partial charge in [-0.2, -0.15) is 9.41 Å². The van der Waals surface area contributed by atoms with E-state index < -0.39 is 32.3 Å². The zero-order valence-electron chi connectivity index (χ0n) is 15.8. The van der Waals surface area contributed by atoms with Crippen molar-refractivity contribution in [2.24, 2.45) is 5.10 Å². The number of sulfonamides is 1. The number of benzene rings is 2. The van der Waals surface area contributed by atoms with Crippen LogP contribution < -0.4 is 5.43 Å². The molecule has 0 spiro atoms. The zero-order chi connectivity index (χ0) is 21.9. The second-order valence-electron chi connectivity index (χ2n) is 6.39. The van der Waals surface area contributed by atoms with Gasteiger partial charge < -0.3 is 4.74 Å². The van der Waals surface area contributed by atoms with Crippen LogP contribution in [0.25, 0.3) is 0 Å². The van der Waals surface area contributed by atoms with E-state index in [1.807, 2.05) is 0 Å². The smallest absolute Gasteiger partial charge is 0.270 e. The molecule has 1 heterocycles. The van der Waals surface area contributed by atoms with E-state index in [0.29, 0.717) is 6.07 Å². The fourth-order valence-corrected chi connectivity index (χ4v) is 4.41. The van der Waals surface area contributed by atoms with Crippen LogP contribution in [0.4, 0.5) is 20.2 Å². The lowest BCUT2D eigenvalue weighted by Gasteiger charge is -2.26. The minimum atomic E-state index is -4.08. The Bertz CT molecular complexity index is 1100. The minimum absolute atomic E-state index is 0.0170. The van der Waals surface area contributed by atoms with Crippen molar-refractivity contribution >= 4 is 27.1 Å². The molecule has 3 rings (SSSR count). The number of hydrogen-bond acceptors (Lipinski definition) is 7. The van der Waals surface area contributed by atoms with Gasteiger partial charge in [-0.05, 0) is 25.1 Å². The molecule has 0 saturated carbocycles. The molecule has 0 unspecified atom stereocenters. The normalized spacial score (nSPS) is 15.8. The number of anilines is 1. The summed E-state index contributed by atoms with van der Waals surface area (Å²) in [5, 5.41) is 15.1. The van der Waals surface area contributed by atoms with Crippen LogP contribution in [-0.2, 0) is 14.8 Å². The molecule has 0 amide bonds. The Kier molecular flexibility index (Phi) is 6.39. The van der Waals surface area contributed by atoms with Gasteiger partial charge in [-0.1, -0.05) is 0 Å². The summed E-state index contributed by atoms with van der Waals surface area (Å²) in [4.78, 5) is 10.1. The first kappa shape index (κ1) is 21.7. The molecule has 1 saturated heterocycles. The number of nitrogens with zero attached hydrogens (tertiary/aromatic N) is 3. The van der Waals surface area contributed by atoms with Crippen molar-refractivity contribution in [3.8, 4) is 0 Å². The molecule has 0 atom stereocenters. The van der Waals surface area contributed by atoms with E-state index in [1.54, 1.807) is 0 Å². The van der Waals surface area contributed by atoms with Crippen LogP contribution in [0, 0.1) is 21.7 Å². The number of nitro groups is 1. The fraction of sp³-hybridized carbons (Fsp3) is 0.278. The van der Waals surface area contributed by atoms with Crippen molar-refractivity contribution in [1.29, 1.82) is 0 Å². The molecule has 1 fully saturated rings. The van der Waals surface area contributed by atoms with E-state index in [2.05, 4.69) is 10.5 Å². The van der Waals surface area contributed by atoms with Crippen LogP contribution in [0.3, 0.4) is 0 Å². The van der Waals surface area contributed by atoms with Crippen LogP contribution in [-0.4, -0.2) is 49.7 Å². The molecule has 30 heavy (non-hydrogen) atoms. The summed E-state index contributed by atoms with van der Waals surface area (Å²) in [5.41, 5.74) is 2.25. The third kappa shape index (κ3) is 4.61. The van der Waals surface area contributed by atoms with Crippen molar-refractivity contribution in [3.05, 3.63) is 63.7 Å². The summed E-state index contributed by atoms with van der Waals surface area (Å²) in [7, 11) is -4.08. The standard InChI is InChI=1S/C18H18F2N4O5S/c1-12(15-4-2-13(19)10-16(15)20)21-22-17-5-3-14(24(25)26)11-18(17)30(27,28)23-6-8-29-9-7-23/h2-5,10-11,22H,6-9H2,1H3/b21-12+. The minimum Gasteiger partial charge on any atom is -0.379 e. The number of ether oxygens (including phenoxy) is 1. The van der Waals surface area contributed by atoms with Crippen molar-refractivity contribution in [3.63, 3.8) is 0 Å². The van der Waals surface area contributed by atoms with Gasteiger partial charge in [0.25, 0.3) is 5.69 Å². The molecule has 1 aliphatic rings. The molecule has 0 radical (unpaired) electrons. The maximum Gasteiger partial charge on any atom is 0.270 e. The number of non-ortho nitro benzene ring substituents is 1. The van der Waals surface area contributed by atoms with E-state index in [-0.39, 0.29) is 48.2 Å². The molecule has 2 aromatic carbocycles. The first-order valence-electron chi connectivity index (χ1n) is 8.82. The summed E-state index contributed by atoms with van der Waals surface area (Å²) in [6, 6.07) is 6.25. The van der Waals surface area contributed by atoms with E-state index >= 15 is 0 Å². The molecule has 1 N–H and O–H groups in total. The second kappa shape index (κ2) is 8.81.